The quantitative estimate of drug-likeness (QED) is 0.648. The fourth-order valence-electron chi connectivity index (χ4n) is 3.20. The van der Waals surface area contributed by atoms with Gasteiger partial charge in [0.25, 0.3) is 0 Å². The van der Waals surface area contributed by atoms with Crippen LogP contribution in [0.2, 0.25) is 0 Å². The third-order valence-corrected chi connectivity index (χ3v) is 4.06. The molecule has 0 aromatic heterocycles. The van der Waals surface area contributed by atoms with E-state index in [0.717, 1.165) is 12.5 Å². The van der Waals surface area contributed by atoms with Gasteiger partial charge in [0, 0.05) is 31.6 Å². The van der Waals surface area contributed by atoms with Crippen LogP contribution in [0, 0.1) is 5.92 Å². The standard InChI is InChI=1S/C11H19N3O/c15-11-5-9(6-12-11)13-10-2-4-14-3-1-8(10)7-14/h8-10,13H,1-7H2,(H,12,15). The summed E-state index contributed by atoms with van der Waals surface area (Å²) < 4.78 is 0. The lowest BCUT2D eigenvalue weighted by Gasteiger charge is -2.32. The molecule has 4 atom stereocenters. The second-order valence-electron chi connectivity index (χ2n) is 5.12. The van der Waals surface area contributed by atoms with E-state index in [2.05, 4.69) is 15.5 Å². The molecule has 0 saturated carbocycles. The number of carbonyl (C=O) groups excluding carboxylic acids is 1. The highest BCUT2D eigenvalue weighted by atomic mass is 16.1. The molecule has 15 heavy (non-hydrogen) atoms. The minimum Gasteiger partial charge on any atom is -0.354 e. The van der Waals surface area contributed by atoms with Crippen LogP contribution in [0.3, 0.4) is 0 Å². The van der Waals surface area contributed by atoms with E-state index in [1.165, 1.54) is 32.5 Å². The van der Waals surface area contributed by atoms with Gasteiger partial charge in [0.1, 0.15) is 0 Å². The highest BCUT2D eigenvalue weighted by Gasteiger charge is 2.36. The van der Waals surface area contributed by atoms with Crippen molar-refractivity contribution in [3.8, 4) is 0 Å². The first-order valence-corrected chi connectivity index (χ1v) is 6.06. The average Bonchev–Trinajstić information content (AvgIpc) is 2.79. The Morgan fingerprint density at radius 2 is 2.20 bits per heavy atom. The number of carbonyl (C=O) groups is 1. The van der Waals surface area contributed by atoms with E-state index in [0.29, 0.717) is 18.5 Å². The van der Waals surface area contributed by atoms with E-state index in [-0.39, 0.29) is 5.91 Å². The fraction of sp³-hybridized carbons (Fsp3) is 0.909. The van der Waals surface area contributed by atoms with Crippen LogP contribution in [0.1, 0.15) is 19.3 Å². The molecular formula is C11H19N3O. The third-order valence-electron chi connectivity index (χ3n) is 4.06. The predicted molar refractivity (Wildman–Crippen MR) is 57.5 cm³/mol. The Hall–Kier alpha value is -0.610. The van der Waals surface area contributed by atoms with Crippen molar-refractivity contribution >= 4 is 5.91 Å². The normalized spacial score (nSPS) is 44.4. The molecule has 0 aliphatic carbocycles. The number of rotatable bonds is 2. The van der Waals surface area contributed by atoms with Gasteiger partial charge >= 0.3 is 0 Å². The minimum atomic E-state index is 0.205. The van der Waals surface area contributed by atoms with Crippen molar-refractivity contribution in [2.45, 2.75) is 31.3 Å². The van der Waals surface area contributed by atoms with E-state index in [9.17, 15) is 4.79 Å². The molecule has 3 aliphatic heterocycles. The van der Waals surface area contributed by atoms with Crippen molar-refractivity contribution in [3.63, 3.8) is 0 Å². The number of hydrogen-bond acceptors (Lipinski definition) is 3. The molecule has 0 spiro atoms. The minimum absolute atomic E-state index is 0.205. The maximum absolute atomic E-state index is 11.1. The van der Waals surface area contributed by atoms with Crippen molar-refractivity contribution in [2.24, 2.45) is 5.92 Å². The second kappa shape index (κ2) is 3.76. The van der Waals surface area contributed by atoms with Gasteiger partial charge in [0.15, 0.2) is 0 Å². The highest BCUT2D eigenvalue weighted by molar-refractivity contribution is 5.78. The van der Waals surface area contributed by atoms with E-state index in [1.54, 1.807) is 0 Å². The number of piperidine rings is 1. The predicted octanol–water partition coefficient (Wildman–Crippen LogP) is -0.441. The van der Waals surface area contributed by atoms with Crippen LogP contribution in [-0.2, 0) is 4.79 Å². The monoisotopic (exact) mass is 209 g/mol. The summed E-state index contributed by atoms with van der Waals surface area (Å²) in [7, 11) is 0. The van der Waals surface area contributed by atoms with E-state index in [4.69, 9.17) is 0 Å². The van der Waals surface area contributed by atoms with Crippen LogP contribution in [0.15, 0.2) is 0 Å². The van der Waals surface area contributed by atoms with Gasteiger partial charge in [-0.1, -0.05) is 0 Å². The lowest BCUT2D eigenvalue weighted by molar-refractivity contribution is -0.119. The van der Waals surface area contributed by atoms with Gasteiger partial charge in [-0.3, -0.25) is 4.79 Å². The number of nitrogens with zero attached hydrogens (tertiary/aromatic N) is 1. The molecule has 84 valence electrons. The van der Waals surface area contributed by atoms with E-state index >= 15 is 0 Å². The van der Waals surface area contributed by atoms with E-state index in [1.807, 2.05) is 0 Å². The van der Waals surface area contributed by atoms with Gasteiger partial charge in [0.05, 0.1) is 0 Å². The molecule has 2 N–H and O–H groups in total. The molecule has 4 heteroatoms. The van der Waals surface area contributed by atoms with Gasteiger partial charge in [-0.25, -0.2) is 0 Å². The molecule has 1 amide bonds. The molecule has 0 aromatic rings. The Labute approximate surface area is 90.4 Å². The van der Waals surface area contributed by atoms with Crippen molar-refractivity contribution in [1.29, 1.82) is 0 Å². The Morgan fingerprint density at radius 1 is 1.33 bits per heavy atom. The molecule has 2 bridgehead atoms. The molecule has 3 aliphatic rings. The topological polar surface area (TPSA) is 44.4 Å². The van der Waals surface area contributed by atoms with Gasteiger partial charge in [-0.2, -0.15) is 0 Å². The van der Waals surface area contributed by atoms with Crippen LogP contribution in [-0.4, -0.2) is 49.1 Å². The smallest absolute Gasteiger partial charge is 0.221 e. The molecule has 3 saturated heterocycles. The van der Waals surface area contributed by atoms with Crippen LogP contribution in [0.4, 0.5) is 0 Å². The van der Waals surface area contributed by atoms with Crippen LogP contribution in [0.25, 0.3) is 0 Å². The number of nitrogens with one attached hydrogen (secondary N) is 2. The first-order valence-electron chi connectivity index (χ1n) is 6.06. The van der Waals surface area contributed by atoms with Crippen molar-refractivity contribution in [3.05, 3.63) is 0 Å². The lowest BCUT2D eigenvalue weighted by atomic mass is 9.93. The molecular weight excluding hydrogens is 190 g/mol. The van der Waals surface area contributed by atoms with Crippen LogP contribution in [0.5, 0.6) is 0 Å². The summed E-state index contributed by atoms with van der Waals surface area (Å²) >= 11 is 0. The molecule has 3 fully saturated rings. The van der Waals surface area contributed by atoms with Gasteiger partial charge < -0.3 is 15.5 Å². The Balaban J connectivity index is 1.56. The Bertz CT molecular complexity index is 269. The van der Waals surface area contributed by atoms with Gasteiger partial charge in [-0.15, -0.1) is 0 Å². The Morgan fingerprint density at radius 3 is 3.00 bits per heavy atom. The Kier molecular flexibility index (Phi) is 2.41. The summed E-state index contributed by atoms with van der Waals surface area (Å²) in [6.07, 6.45) is 3.27. The summed E-state index contributed by atoms with van der Waals surface area (Å²) in [6.45, 7) is 4.62. The summed E-state index contributed by atoms with van der Waals surface area (Å²) in [5, 5.41) is 6.56. The van der Waals surface area contributed by atoms with Crippen molar-refractivity contribution in [2.75, 3.05) is 26.2 Å². The summed E-state index contributed by atoms with van der Waals surface area (Å²) in [5.74, 6) is 1.03. The zero-order chi connectivity index (χ0) is 10.3. The van der Waals surface area contributed by atoms with Crippen molar-refractivity contribution < 1.29 is 4.79 Å². The first kappa shape index (κ1) is 9.60. The van der Waals surface area contributed by atoms with E-state index < -0.39 is 0 Å². The highest BCUT2D eigenvalue weighted by Crippen LogP contribution is 2.27. The fourth-order valence-corrected chi connectivity index (χ4v) is 3.20. The molecule has 4 unspecified atom stereocenters. The number of amides is 1. The van der Waals surface area contributed by atoms with Gasteiger partial charge in [0.2, 0.25) is 5.91 Å². The second-order valence-corrected chi connectivity index (χ2v) is 5.12. The SMILES string of the molecule is O=C1CC(NC2CCN3CCC2C3)CN1. The summed E-state index contributed by atoms with van der Waals surface area (Å²) in [5.41, 5.74) is 0. The average molecular weight is 209 g/mol. The zero-order valence-electron chi connectivity index (χ0n) is 9.04. The number of hydrogen-bond donors (Lipinski definition) is 2. The lowest BCUT2D eigenvalue weighted by Crippen LogP contribution is -2.48. The van der Waals surface area contributed by atoms with Crippen molar-refractivity contribution in [1.82, 2.24) is 15.5 Å². The number of fused-ring (bicyclic) bond motifs is 2. The molecule has 4 nitrogen and oxygen atoms in total. The molecule has 3 rings (SSSR count). The first-order chi connectivity index (χ1) is 7.31. The largest absolute Gasteiger partial charge is 0.354 e. The van der Waals surface area contributed by atoms with Crippen LogP contribution >= 0.6 is 0 Å². The third kappa shape index (κ3) is 1.88. The molecule has 0 aromatic carbocycles. The summed E-state index contributed by atoms with van der Waals surface area (Å²) in [6, 6.07) is 1.04. The zero-order valence-corrected chi connectivity index (χ0v) is 9.04. The van der Waals surface area contributed by atoms with Gasteiger partial charge in [-0.05, 0) is 31.8 Å². The maximum Gasteiger partial charge on any atom is 0.221 e. The molecule has 0 radical (unpaired) electrons. The molecule has 3 heterocycles. The van der Waals surface area contributed by atoms with Crippen LogP contribution < -0.4 is 10.6 Å². The summed E-state index contributed by atoms with van der Waals surface area (Å²) in [4.78, 5) is 13.7. The maximum atomic E-state index is 11.1.